The van der Waals surface area contributed by atoms with Crippen molar-refractivity contribution in [1.82, 2.24) is 4.90 Å². The van der Waals surface area contributed by atoms with Gasteiger partial charge in [0.1, 0.15) is 5.82 Å². The Bertz CT molecular complexity index is 1660. The Morgan fingerprint density at radius 2 is 1.40 bits per heavy atom. The van der Waals surface area contributed by atoms with E-state index in [1.807, 2.05) is 0 Å². The summed E-state index contributed by atoms with van der Waals surface area (Å²) < 4.78 is 14.1. The Morgan fingerprint density at radius 3 is 1.95 bits per heavy atom. The molecule has 0 fully saturated rings. The van der Waals surface area contributed by atoms with E-state index in [4.69, 9.17) is 0 Å². The summed E-state index contributed by atoms with van der Waals surface area (Å²) in [5.41, 5.74) is -0.839. The lowest BCUT2D eigenvalue weighted by molar-refractivity contribution is -0.394. The summed E-state index contributed by atoms with van der Waals surface area (Å²) >= 11 is 0. The molecule has 0 spiro atoms. The van der Waals surface area contributed by atoms with Gasteiger partial charge in [-0.1, -0.05) is 30.3 Å². The van der Waals surface area contributed by atoms with E-state index in [1.54, 1.807) is 36.4 Å². The van der Waals surface area contributed by atoms with Gasteiger partial charge in [-0.3, -0.25) is 39.5 Å². The van der Waals surface area contributed by atoms with Gasteiger partial charge in [0.2, 0.25) is 0 Å². The van der Waals surface area contributed by atoms with Gasteiger partial charge >= 0.3 is 0 Å². The molecule has 0 unspecified atom stereocenters. The van der Waals surface area contributed by atoms with Crippen molar-refractivity contribution in [2.75, 3.05) is 18.0 Å². The van der Waals surface area contributed by atoms with Crippen LogP contribution in [0.25, 0.3) is 10.8 Å². The van der Waals surface area contributed by atoms with Crippen LogP contribution in [0.4, 0.5) is 21.5 Å². The maximum atomic E-state index is 14.1. The van der Waals surface area contributed by atoms with E-state index >= 15 is 0 Å². The zero-order valence-electron chi connectivity index (χ0n) is 20.7. The number of hydrogen-bond acceptors (Lipinski definition) is 7. The summed E-state index contributed by atoms with van der Waals surface area (Å²) in [7, 11) is 0. The molecule has 200 valence electrons. The highest BCUT2D eigenvalue weighted by Gasteiger charge is 2.33. The lowest BCUT2D eigenvalue weighted by Gasteiger charge is -2.28. The quantitative estimate of drug-likeness (QED) is 0.171. The van der Waals surface area contributed by atoms with Crippen LogP contribution in [-0.4, -0.2) is 45.6 Å². The minimum atomic E-state index is -0.859. The van der Waals surface area contributed by atoms with Crippen molar-refractivity contribution >= 4 is 45.6 Å². The van der Waals surface area contributed by atoms with Gasteiger partial charge in [0, 0.05) is 47.4 Å². The molecule has 0 aromatic heterocycles. The van der Waals surface area contributed by atoms with Crippen molar-refractivity contribution in [2.45, 2.75) is 6.42 Å². The third-order valence-corrected chi connectivity index (χ3v) is 6.56. The summed E-state index contributed by atoms with van der Waals surface area (Å²) in [4.78, 5) is 63.1. The first-order chi connectivity index (χ1) is 19.2. The first-order valence-electron chi connectivity index (χ1n) is 12.0. The molecule has 1 aliphatic heterocycles. The number of carbonyl (C=O) groups is 3. The second kappa shape index (κ2) is 10.3. The minimum Gasteiger partial charge on any atom is -0.308 e. The van der Waals surface area contributed by atoms with E-state index in [0.29, 0.717) is 16.5 Å². The molecular formula is C28H19FN4O7. The van der Waals surface area contributed by atoms with Crippen molar-refractivity contribution in [3.63, 3.8) is 0 Å². The molecule has 3 amide bonds. The number of halogens is 1. The fourth-order valence-corrected chi connectivity index (χ4v) is 4.75. The summed E-state index contributed by atoms with van der Waals surface area (Å²) in [6.45, 7) is -0.224. The molecule has 0 radical (unpaired) electrons. The van der Waals surface area contributed by atoms with E-state index in [2.05, 4.69) is 0 Å². The van der Waals surface area contributed by atoms with E-state index in [0.717, 1.165) is 45.5 Å². The monoisotopic (exact) mass is 542 g/mol. The van der Waals surface area contributed by atoms with E-state index < -0.39 is 44.8 Å². The van der Waals surface area contributed by atoms with Gasteiger partial charge in [0.15, 0.2) is 0 Å². The van der Waals surface area contributed by atoms with Gasteiger partial charge in [-0.15, -0.1) is 0 Å². The topological polar surface area (TPSA) is 144 Å². The summed E-state index contributed by atoms with van der Waals surface area (Å²) in [5.74, 6) is -2.50. The molecule has 11 nitrogen and oxygen atoms in total. The molecule has 5 rings (SSSR count). The average molecular weight is 542 g/mol. The van der Waals surface area contributed by atoms with E-state index in [9.17, 15) is 39.0 Å². The van der Waals surface area contributed by atoms with Crippen LogP contribution in [0.2, 0.25) is 0 Å². The molecule has 1 heterocycles. The average Bonchev–Trinajstić information content (AvgIpc) is 2.94. The standard InChI is InChI=1S/C28H19FN4O7/c29-19-7-3-8-20(15-19)30(26(34)18-13-21(32(37)38)16-22(14-18)33(39)40)11-4-12-31-27(35)23-9-1-5-17-6-2-10-24(25(17)23)28(31)36/h1-3,5-10,13-16H,4,11-12H2. The fraction of sp³-hybridized carbons (Fsp3) is 0.107. The van der Waals surface area contributed by atoms with Crippen LogP contribution in [0.15, 0.2) is 78.9 Å². The van der Waals surface area contributed by atoms with Gasteiger partial charge in [0.05, 0.1) is 21.5 Å². The van der Waals surface area contributed by atoms with Crippen molar-refractivity contribution in [2.24, 2.45) is 0 Å². The summed E-state index contributed by atoms with van der Waals surface area (Å²) in [6, 6.07) is 17.9. The van der Waals surface area contributed by atoms with Gasteiger partial charge in [0.25, 0.3) is 29.1 Å². The van der Waals surface area contributed by atoms with Crippen LogP contribution in [0.5, 0.6) is 0 Å². The number of imide groups is 1. The number of nitro benzene ring substituents is 2. The second-order valence-corrected chi connectivity index (χ2v) is 9.01. The lowest BCUT2D eigenvalue weighted by atomic mass is 9.94. The number of nitrogens with zero attached hydrogens (tertiary/aromatic N) is 4. The van der Waals surface area contributed by atoms with Gasteiger partial charge in [-0.25, -0.2) is 4.39 Å². The van der Waals surface area contributed by atoms with Crippen LogP contribution >= 0.6 is 0 Å². The van der Waals surface area contributed by atoms with Gasteiger partial charge in [-0.05, 0) is 42.1 Å². The van der Waals surface area contributed by atoms with Crippen LogP contribution in [0.1, 0.15) is 37.5 Å². The van der Waals surface area contributed by atoms with Crippen molar-refractivity contribution < 1.29 is 28.6 Å². The second-order valence-electron chi connectivity index (χ2n) is 9.01. The molecule has 0 N–H and O–H groups in total. The Hall–Kier alpha value is -5.52. The number of benzene rings is 4. The molecule has 12 heteroatoms. The smallest absolute Gasteiger partial charge is 0.277 e. The highest BCUT2D eigenvalue weighted by molar-refractivity contribution is 6.25. The number of anilines is 1. The van der Waals surface area contributed by atoms with E-state index in [-0.39, 0.29) is 30.8 Å². The first kappa shape index (κ1) is 26.1. The number of non-ortho nitro benzene ring substituents is 2. The van der Waals surface area contributed by atoms with Gasteiger partial charge in [-0.2, -0.15) is 0 Å². The zero-order chi connectivity index (χ0) is 28.6. The number of carbonyl (C=O) groups excluding carboxylic acids is 3. The third-order valence-electron chi connectivity index (χ3n) is 6.56. The highest BCUT2D eigenvalue weighted by Crippen LogP contribution is 2.30. The Kier molecular flexibility index (Phi) is 6.74. The number of amides is 3. The molecule has 40 heavy (non-hydrogen) atoms. The molecule has 0 atom stereocenters. The van der Waals surface area contributed by atoms with Crippen molar-refractivity contribution in [1.29, 1.82) is 0 Å². The molecule has 4 aromatic rings. The van der Waals surface area contributed by atoms with Crippen LogP contribution in [0.3, 0.4) is 0 Å². The predicted molar refractivity (Wildman–Crippen MR) is 142 cm³/mol. The summed E-state index contributed by atoms with van der Waals surface area (Å²) in [6.07, 6.45) is 0.0644. The lowest BCUT2D eigenvalue weighted by Crippen LogP contribution is -2.42. The van der Waals surface area contributed by atoms with Crippen LogP contribution < -0.4 is 4.90 Å². The van der Waals surface area contributed by atoms with Crippen LogP contribution in [-0.2, 0) is 0 Å². The predicted octanol–water partition coefficient (Wildman–Crippen LogP) is 5.13. The minimum absolute atomic E-state index is 0.0644. The molecule has 0 saturated heterocycles. The van der Waals surface area contributed by atoms with Gasteiger partial charge < -0.3 is 4.90 Å². The fourth-order valence-electron chi connectivity index (χ4n) is 4.75. The molecule has 4 aromatic carbocycles. The van der Waals surface area contributed by atoms with Crippen molar-refractivity contribution in [3.05, 3.63) is 122 Å². The largest absolute Gasteiger partial charge is 0.308 e. The maximum Gasteiger partial charge on any atom is 0.277 e. The maximum absolute atomic E-state index is 14.1. The highest BCUT2D eigenvalue weighted by atomic mass is 19.1. The SMILES string of the molecule is O=C1c2cccc3cccc(c23)C(=O)N1CCCN(C(=O)c1cc([N+](=O)[O-])cc([N+](=O)[O-])c1)c1cccc(F)c1. The van der Waals surface area contributed by atoms with E-state index in [1.165, 1.54) is 12.1 Å². The molecule has 0 bridgehead atoms. The Balaban J connectivity index is 1.44. The number of nitro groups is 2. The Morgan fingerprint density at radius 1 is 0.825 bits per heavy atom. The molecular weight excluding hydrogens is 523 g/mol. The number of rotatable bonds is 8. The normalized spacial score (nSPS) is 12.5. The van der Waals surface area contributed by atoms with Crippen molar-refractivity contribution in [3.8, 4) is 0 Å². The molecule has 1 aliphatic rings. The zero-order valence-corrected chi connectivity index (χ0v) is 20.7. The molecule has 0 aliphatic carbocycles. The number of hydrogen-bond donors (Lipinski definition) is 0. The Labute approximate surface area is 225 Å². The molecule has 0 saturated carbocycles. The van der Waals surface area contributed by atoms with Crippen LogP contribution in [0, 0.1) is 26.0 Å². The summed E-state index contributed by atoms with van der Waals surface area (Å²) in [5, 5.41) is 24.0. The third kappa shape index (κ3) is 4.73. The first-order valence-corrected chi connectivity index (χ1v) is 12.0.